The number of nitrogens with zero attached hydrogens (tertiary/aromatic N) is 4. The molecule has 0 aromatic carbocycles. The third kappa shape index (κ3) is 5.29. The van der Waals surface area contributed by atoms with E-state index >= 15 is 0 Å². The number of rotatable bonds is 4. The number of hydrogen-bond acceptors (Lipinski definition) is 6. The topological polar surface area (TPSA) is 82.6 Å². The molecular formula is C19H36N4O5S. The maximum Gasteiger partial charge on any atom is 0.282 e. The Labute approximate surface area is 175 Å². The van der Waals surface area contributed by atoms with Crippen molar-refractivity contribution in [3.63, 3.8) is 0 Å². The Kier molecular flexibility index (Phi) is 7.23. The third-order valence-electron chi connectivity index (χ3n) is 5.95. The molecule has 3 heterocycles. The van der Waals surface area contributed by atoms with Crippen LogP contribution >= 0.6 is 0 Å². The number of carbonyl (C=O) groups is 1. The highest BCUT2D eigenvalue weighted by Gasteiger charge is 2.38. The first-order chi connectivity index (χ1) is 13.6. The van der Waals surface area contributed by atoms with Crippen LogP contribution in [0.3, 0.4) is 0 Å². The summed E-state index contributed by atoms with van der Waals surface area (Å²) in [5.74, 6) is 0.0964. The lowest BCUT2D eigenvalue weighted by atomic mass is 10.1. The Bertz CT molecular complexity index is 662. The van der Waals surface area contributed by atoms with Gasteiger partial charge in [-0.1, -0.05) is 0 Å². The van der Waals surface area contributed by atoms with Crippen LogP contribution in [0.25, 0.3) is 0 Å². The summed E-state index contributed by atoms with van der Waals surface area (Å²) in [5.41, 5.74) is 0. The lowest BCUT2D eigenvalue weighted by Crippen LogP contribution is -2.60. The smallest absolute Gasteiger partial charge is 0.282 e. The normalized spacial score (nSPS) is 34.9. The predicted octanol–water partition coefficient (Wildman–Crippen LogP) is -0.0177. The molecule has 3 fully saturated rings. The van der Waals surface area contributed by atoms with Crippen LogP contribution in [0.4, 0.5) is 0 Å². The molecule has 3 aliphatic rings. The van der Waals surface area contributed by atoms with Crippen molar-refractivity contribution < 1.29 is 22.7 Å². The van der Waals surface area contributed by atoms with Crippen molar-refractivity contribution in [2.24, 2.45) is 0 Å². The summed E-state index contributed by atoms with van der Waals surface area (Å²) in [6.07, 6.45) is -0.137. The maximum absolute atomic E-state index is 13.1. The van der Waals surface area contributed by atoms with Crippen molar-refractivity contribution in [3.05, 3.63) is 0 Å². The molecule has 0 N–H and O–H groups in total. The van der Waals surface area contributed by atoms with Gasteiger partial charge in [0, 0.05) is 52.4 Å². The number of carbonyl (C=O) groups excluding carboxylic acids is 1. The van der Waals surface area contributed by atoms with E-state index in [4.69, 9.17) is 9.47 Å². The average Bonchev–Trinajstić information content (AvgIpc) is 2.65. The number of hydrogen-bond donors (Lipinski definition) is 0. The molecule has 3 aliphatic heterocycles. The van der Waals surface area contributed by atoms with E-state index in [2.05, 4.69) is 4.90 Å². The molecule has 0 spiro atoms. The minimum atomic E-state index is -3.51. The summed E-state index contributed by atoms with van der Waals surface area (Å²) in [7, 11) is -3.51. The maximum atomic E-state index is 13.1. The number of morpholine rings is 2. The van der Waals surface area contributed by atoms with E-state index in [-0.39, 0.29) is 36.4 Å². The first kappa shape index (κ1) is 22.9. The number of amides is 1. The third-order valence-corrected chi connectivity index (χ3v) is 7.92. The predicted molar refractivity (Wildman–Crippen MR) is 110 cm³/mol. The zero-order valence-corrected chi connectivity index (χ0v) is 19.1. The Hall–Kier alpha value is -0.780. The summed E-state index contributed by atoms with van der Waals surface area (Å²) in [5, 5.41) is 0. The van der Waals surface area contributed by atoms with Gasteiger partial charge < -0.3 is 14.4 Å². The van der Waals surface area contributed by atoms with Gasteiger partial charge in [-0.15, -0.1) is 0 Å². The van der Waals surface area contributed by atoms with Crippen LogP contribution in [0.2, 0.25) is 0 Å². The molecule has 3 saturated heterocycles. The summed E-state index contributed by atoms with van der Waals surface area (Å²) >= 11 is 0. The minimum absolute atomic E-state index is 0.0372. The second-order valence-electron chi connectivity index (χ2n) is 8.69. The van der Waals surface area contributed by atoms with Crippen molar-refractivity contribution in [2.45, 2.75) is 65.1 Å². The SMILES string of the molecule is CC1CN(C(=O)C(C)N2CCN(S(=O)(=O)N3CC(C)OC(C)C3)CC2)CC(C)O1. The molecule has 10 heteroatoms. The molecule has 29 heavy (non-hydrogen) atoms. The van der Waals surface area contributed by atoms with Gasteiger partial charge in [0.25, 0.3) is 10.2 Å². The van der Waals surface area contributed by atoms with Crippen molar-refractivity contribution >= 4 is 16.1 Å². The molecule has 0 saturated carbocycles. The highest BCUT2D eigenvalue weighted by molar-refractivity contribution is 7.86. The molecule has 168 valence electrons. The first-order valence-corrected chi connectivity index (χ1v) is 12.1. The Morgan fingerprint density at radius 3 is 1.72 bits per heavy atom. The first-order valence-electron chi connectivity index (χ1n) is 10.7. The van der Waals surface area contributed by atoms with E-state index in [9.17, 15) is 13.2 Å². The van der Waals surface area contributed by atoms with Crippen LogP contribution < -0.4 is 0 Å². The fourth-order valence-corrected chi connectivity index (χ4v) is 6.33. The van der Waals surface area contributed by atoms with Crippen molar-refractivity contribution in [1.82, 2.24) is 18.4 Å². The van der Waals surface area contributed by atoms with Crippen LogP contribution in [0, 0.1) is 0 Å². The molecule has 9 nitrogen and oxygen atoms in total. The molecule has 1 amide bonds. The van der Waals surface area contributed by atoms with Gasteiger partial charge in [-0.3, -0.25) is 9.69 Å². The van der Waals surface area contributed by atoms with Gasteiger partial charge in [0.15, 0.2) is 0 Å². The van der Waals surface area contributed by atoms with E-state index in [1.54, 1.807) is 4.31 Å². The van der Waals surface area contributed by atoms with Crippen LogP contribution in [-0.2, 0) is 24.5 Å². The lowest BCUT2D eigenvalue weighted by molar-refractivity contribution is -0.148. The second-order valence-corrected chi connectivity index (χ2v) is 10.6. The number of ether oxygens (including phenoxy) is 2. The second kappa shape index (κ2) is 9.15. The lowest BCUT2D eigenvalue weighted by Gasteiger charge is -2.43. The van der Waals surface area contributed by atoms with Crippen LogP contribution in [-0.4, -0.2) is 116 Å². The fourth-order valence-electron chi connectivity index (χ4n) is 4.58. The summed E-state index contributed by atoms with van der Waals surface area (Å²) in [4.78, 5) is 16.9. The van der Waals surface area contributed by atoms with E-state index in [0.717, 1.165) is 0 Å². The van der Waals surface area contributed by atoms with Gasteiger partial charge in [-0.05, 0) is 34.6 Å². The summed E-state index contributed by atoms with van der Waals surface area (Å²) in [6, 6.07) is -0.263. The molecule has 0 aliphatic carbocycles. The van der Waals surface area contributed by atoms with E-state index < -0.39 is 10.2 Å². The minimum Gasteiger partial charge on any atom is -0.373 e. The molecule has 0 radical (unpaired) electrons. The highest BCUT2D eigenvalue weighted by Crippen LogP contribution is 2.20. The standard InChI is InChI=1S/C19H36N4O5S/c1-14-10-21(11-15(2)27-14)19(24)18(5)20-6-8-22(9-7-20)29(25,26)23-12-16(3)28-17(4)13-23/h14-18H,6-13H2,1-5H3. The van der Waals surface area contributed by atoms with Crippen molar-refractivity contribution in [3.8, 4) is 0 Å². The Morgan fingerprint density at radius 1 is 0.793 bits per heavy atom. The zero-order valence-electron chi connectivity index (χ0n) is 18.3. The Morgan fingerprint density at radius 2 is 1.24 bits per heavy atom. The van der Waals surface area contributed by atoms with Gasteiger partial charge in [-0.2, -0.15) is 17.0 Å². The molecule has 0 bridgehead atoms. The Balaban J connectivity index is 1.56. The van der Waals surface area contributed by atoms with Crippen molar-refractivity contribution in [2.75, 3.05) is 52.4 Å². The molecule has 0 aromatic heterocycles. The zero-order chi connectivity index (χ0) is 21.3. The van der Waals surface area contributed by atoms with Crippen LogP contribution in [0.15, 0.2) is 0 Å². The fraction of sp³-hybridized carbons (Fsp3) is 0.947. The number of piperazine rings is 1. The van der Waals surface area contributed by atoms with Crippen LogP contribution in [0.1, 0.15) is 34.6 Å². The monoisotopic (exact) mass is 432 g/mol. The van der Waals surface area contributed by atoms with Gasteiger partial charge >= 0.3 is 0 Å². The quantitative estimate of drug-likeness (QED) is 0.621. The average molecular weight is 433 g/mol. The van der Waals surface area contributed by atoms with Gasteiger partial charge in [-0.25, -0.2) is 0 Å². The summed E-state index contributed by atoms with van der Waals surface area (Å²) in [6.45, 7) is 13.6. The van der Waals surface area contributed by atoms with Crippen LogP contribution in [0.5, 0.6) is 0 Å². The van der Waals surface area contributed by atoms with Gasteiger partial charge in [0.05, 0.1) is 30.5 Å². The van der Waals surface area contributed by atoms with Gasteiger partial charge in [0.2, 0.25) is 5.91 Å². The molecular weight excluding hydrogens is 396 g/mol. The summed E-state index contributed by atoms with van der Waals surface area (Å²) < 4.78 is 40.6. The van der Waals surface area contributed by atoms with E-state index in [0.29, 0.717) is 52.4 Å². The van der Waals surface area contributed by atoms with Crippen molar-refractivity contribution in [1.29, 1.82) is 0 Å². The van der Waals surface area contributed by atoms with Gasteiger partial charge in [0.1, 0.15) is 0 Å². The van der Waals surface area contributed by atoms with E-state index in [1.165, 1.54) is 4.31 Å². The van der Waals surface area contributed by atoms with E-state index in [1.807, 2.05) is 39.5 Å². The molecule has 0 aromatic rings. The molecule has 5 unspecified atom stereocenters. The highest BCUT2D eigenvalue weighted by atomic mass is 32.2. The molecule has 3 rings (SSSR count). The molecule has 5 atom stereocenters. The largest absolute Gasteiger partial charge is 0.373 e.